The first-order chi connectivity index (χ1) is 10.5. The molecule has 0 aliphatic heterocycles. The Kier molecular flexibility index (Phi) is 4.96. The summed E-state index contributed by atoms with van der Waals surface area (Å²) in [6.45, 7) is 1.76. The lowest BCUT2D eigenvalue weighted by atomic mass is 9.86. The van der Waals surface area contributed by atoms with Gasteiger partial charge in [0.25, 0.3) is 0 Å². The van der Waals surface area contributed by atoms with Gasteiger partial charge in [-0.1, -0.05) is 60.7 Å². The summed E-state index contributed by atoms with van der Waals surface area (Å²) < 4.78 is 5.42. The van der Waals surface area contributed by atoms with Crippen LogP contribution in [-0.2, 0) is 15.1 Å². The summed E-state index contributed by atoms with van der Waals surface area (Å²) in [5.74, 6) is -0.689. The van der Waals surface area contributed by atoms with Crippen molar-refractivity contribution in [2.75, 3.05) is 14.1 Å². The zero-order chi connectivity index (χ0) is 16.2. The molecule has 1 N–H and O–H groups in total. The molecule has 1 unspecified atom stereocenters. The predicted octanol–water partition coefficient (Wildman–Crippen LogP) is 2.37. The van der Waals surface area contributed by atoms with Crippen molar-refractivity contribution in [3.8, 4) is 0 Å². The molecule has 116 valence electrons. The highest BCUT2D eigenvalue weighted by molar-refractivity contribution is 5.85. The molecule has 1 atom stereocenters. The lowest BCUT2D eigenvalue weighted by molar-refractivity contribution is -0.174. The first-order valence-electron chi connectivity index (χ1n) is 7.17. The lowest BCUT2D eigenvalue weighted by Crippen LogP contribution is -2.42. The van der Waals surface area contributed by atoms with Crippen LogP contribution in [0.15, 0.2) is 60.7 Å². The van der Waals surface area contributed by atoms with Crippen LogP contribution in [0.3, 0.4) is 0 Å². The van der Waals surface area contributed by atoms with Crippen molar-refractivity contribution in [2.45, 2.75) is 18.8 Å². The molecule has 4 nitrogen and oxygen atoms in total. The van der Waals surface area contributed by atoms with Gasteiger partial charge in [0.05, 0.1) is 0 Å². The van der Waals surface area contributed by atoms with E-state index in [9.17, 15) is 9.90 Å². The Hall–Kier alpha value is -2.17. The summed E-state index contributed by atoms with van der Waals surface area (Å²) >= 11 is 0. The Morgan fingerprint density at radius 2 is 1.41 bits per heavy atom. The van der Waals surface area contributed by atoms with Crippen LogP contribution < -0.4 is 0 Å². The normalized spacial score (nSPS) is 13.0. The van der Waals surface area contributed by atoms with Crippen molar-refractivity contribution in [1.29, 1.82) is 0 Å². The zero-order valence-electron chi connectivity index (χ0n) is 13.1. The van der Waals surface area contributed by atoms with E-state index in [1.54, 1.807) is 60.4 Å². The number of ether oxygens (including phenoxy) is 1. The Morgan fingerprint density at radius 3 is 1.77 bits per heavy atom. The zero-order valence-corrected chi connectivity index (χ0v) is 13.1. The van der Waals surface area contributed by atoms with E-state index in [-0.39, 0.29) is 0 Å². The Bertz CT molecular complexity index is 571. The highest BCUT2D eigenvalue weighted by Gasteiger charge is 2.42. The van der Waals surface area contributed by atoms with Crippen molar-refractivity contribution in [3.05, 3.63) is 71.8 Å². The minimum atomic E-state index is -1.83. The molecule has 0 aliphatic rings. The van der Waals surface area contributed by atoms with Crippen LogP contribution in [0.5, 0.6) is 0 Å². The molecule has 0 radical (unpaired) electrons. The maximum absolute atomic E-state index is 12.7. The maximum atomic E-state index is 12.7. The summed E-state index contributed by atoms with van der Waals surface area (Å²) in [4.78, 5) is 14.4. The number of hydrogen-bond acceptors (Lipinski definition) is 4. The topological polar surface area (TPSA) is 49.8 Å². The third-order valence-corrected chi connectivity index (χ3v) is 3.68. The van der Waals surface area contributed by atoms with Gasteiger partial charge in [0.2, 0.25) is 5.60 Å². The molecule has 0 heterocycles. The van der Waals surface area contributed by atoms with Gasteiger partial charge in [-0.25, -0.2) is 4.79 Å². The van der Waals surface area contributed by atoms with Gasteiger partial charge in [-0.05, 0) is 32.1 Å². The van der Waals surface area contributed by atoms with E-state index in [4.69, 9.17) is 4.74 Å². The molecule has 0 bridgehead atoms. The second-order valence-electron chi connectivity index (χ2n) is 5.41. The van der Waals surface area contributed by atoms with Crippen LogP contribution in [0.4, 0.5) is 0 Å². The summed E-state index contributed by atoms with van der Waals surface area (Å²) in [6.07, 6.45) is -0.438. The maximum Gasteiger partial charge on any atom is 0.349 e. The third kappa shape index (κ3) is 3.18. The average Bonchev–Trinajstić information content (AvgIpc) is 2.55. The van der Waals surface area contributed by atoms with Gasteiger partial charge in [-0.15, -0.1) is 0 Å². The number of benzene rings is 2. The van der Waals surface area contributed by atoms with E-state index in [1.807, 2.05) is 26.2 Å². The number of rotatable bonds is 5. The van der Waals surface area contributed by atoms with Crippen molar-refractivity contribution in [2.24, 2.45) is 0 Å². The van der Waals surface area contributed by atoms with Gasteiger partial charge < -0.3 is 9.84 Å². The SMILES string of the molecule is CC(OC(=O)C(O)(c1ccccc1)c1ccccc1)N(C)C. The van der Waals surface area contributed by atoms with Gasteiger partial charge in [-0.3, -0.25) is 4.90 Å². The quantitative estimate of drug-likeness (QED) is 0.680. The van der Waals surface area contributed by atoms with Crippen LogP contribution >= 0.6 is 0 Å². The highest BCUT2D eigenvalue weighted by atomic mass is 16.6. The monoisotopic (exact) mass is 299 g/mol. The van der Waals surface area contributed by atoms with E-state index in [1.165, 1.54) is 0 Å². The molecule has 22 heavy (non-hydrogen) atoms. The molecular formula is C18H21NO3. The molecule has 2 rings (SSSR count). The first kappa shape index (κ1) is 16.2. The van der Waals surface area contributed by atoms with Crippen LogP contribution in [0.2, 0.25) is 0 Å². The fraction of sp³-hybridized carbons (Fsp3) is 0.278. The van der Waals surface area contributed by atoms with Gasteiger partial charge in [0, 0.05) is 0 Å². The van der Waals surface area contributed by atoms with Gasteiger partial charge in [-0.2, -0.15) is 0 Å². The average molecular weight is 299 g/mol. The Morgan fingerprint density at radius 1 is 1.00 bits per heavy atom. The molecule has 0 aliphatic carbocycles. The largest absolute Gasteiger partial charge is 0.444 e. The molecule has 0 fully saturated rings. The van der Waals surface area contributed by atoms with E-state index >= 15 is 0 Å². The van der Waals surface area contributed by atoms with E-state index in [0.29, 0.717) is 11.1 Å². The number of carbonyl (C=O) groups excluding carboxylic acids is 1. The van der Waals surface area contributed by atoms with Crippen LogP contribution in [0.1, 0.15) is 18.1 Å². The van der Waals surface area contributed by atoms with Crippen molar-refractivity contribution >= 4 is 5.97 Å². The standard InChI is InChI=1S/C18H21NO3/c1-14(19(2)3)22-17(20)18(21,15-10-6-4-7-11-15)16-12-8-5-9-13-16/h4-14,21H,1-3H3. The van der Waals surface area contributed by atoms with Crippen LogP contribution in [0, 0.1) is 0 Å². The smallest absolute Gasteiger partial charge is 0.349 e. The summed E-state index contributed by atoms with van der Waals surface area (Å²) in [6, 6.07) is 17.7. The summed E-state index contributed by atoms with van der Waals surface area (Å²) in [5.41, 5.74) is -0.860. The van der Waals surface area contributed by atoms with Crippen molar-refractivity contribution < 1.29 is 14.6 Å². The second-order valence-corrected chi connectivity index (χ2v) is 5.41. The minimum absolute atomic E-state index is 0.438. The number of nitrogens with zero attached hydrogens (tertiary/aromatic N) is 1. The lowest BCUT2D eigenvalue weighted by Gasteiger charge is -2.30. The van der Waals surface area contributed by atoms with Gasteiger partial charge in [0.1, 0.15) is 0 Å². The van der Waals surface area contributed by atoms with Crippen molar-refractivity contribution in [3.63, 3.8) is 0 Å². The van der Waals surface area contributed by atoms with Gasteiger partial charge in [0.15, 0.2) is 6.23 Å². The molecule has 4 heteroatoms. The summed E-state index contributed by atoms with van der Waals surface area (Å²) in [5, 5.41) is 11.2. The molecule has 0 spiro atoms. The van der Waals surface area contributed by atoms with Crippen LogP contribution in [0.25, 0.3) is 0 Å². The molecule has 0 saturated heterocycles. The first-order valence-corrected chi connectivity index (χ1v) is 7.17. The third-order valence-electron chi connectivity index (χ3n) is 3.68. The van der Waals surface area contributed by atoms with Crippen molar-refractivity contribution in [1.82, 2.24) is 4.90 Å². The van der Waals surface area contributed by atoms with E-state index in [0.717, 1.165) is 0 Å². The fourth-order valence-corrected chi connectivity index (χ4v) is 2.11. The molecule has 2 aromatic rings. The molecule has 2 aromatic carbocycles. The second kappa shape index (κ2) is 6.73. The number of esters is 1. The van der Waals surface area contributed by atoms with E-state index < -0.39 is 17.8 Å². The Labute approximate surface area is 131 Å². The molecular weight excluding hydrogens is 278 g/mol. The number of carbonyl (C=O) groups is 1. The van der Waals surface area contributed by atoms with E-state index in [2.05, 4.69) is 0 Å². The fourth-order valence-electron chi connectivity index (χ4n) is 2.11. The number of aliphatic hydroxyl groups is 1. The van der Waals surface area contributed by atoms with Crippen LogP contribution in [-0.4, -0.2) is 36.3 Å². The Balaban J connectivity index is 2.45. The minimum Gasteiger partial charge on any atom is -0.444 e. The summed E-state index contributed by atoms with van der Waals surface area (Å²) in [7, 11) is 3.62. The highest BCUT2D eigenvalue weighted by Crippen LogP contribution is 2.31. The number of hydrogen-bond donors (Lipinski definition) is 1. The molecule has 0 aromatic heterocycles. The molecule has 0 amide bonds. The van der Waals surface area contributed by atoms with Gasteiger partial charge >= 0.3 is 5.97 Å². The predicted molar refractivity (Wildman–Crippen MR) is 85.1 cm³/mol. The molecule has 0 saturated carbocycles.